The van der Waals surface area contributed by atoms with Crippen molar-refractivity contribution in [1.82, 2.24) is 0 Å². The molecule has 0 aromatic heterocycles. The van der Waals surface area contributed by atoms with Gasteiger partial charge in [-0.25, -0.2) is 4.79 Å². The fraction of sp³-hybridized carbons (Fsp3) is 0.562. The monoisotopic (exact) mass is 292 g/mol. The molecule has 2 aliphatic rings. The minimum absolute atomic E-state index is 0.371. The van der Waals surface area contributed by atoms with Crippen LogP contribution in [0, 0.1) is 0 Å². The van der Waals surface area contributed by atoms with E-state index in [1.807, 2.05) is 0 Å². The molecule has 1 aromatic rings. The summed E-state index contributed by atoms with van der Waals surface area (Å²) in [5.74, 6) is -0.859. The van der Waals surface area contributed by atoms with E-state index in [4.69, 9.17) is 9.47 Å². The maximum atomic E-state index is 11.4. The van der Waals surface area contributed by atoms with Crippen molar-refractivity contribution in [3.63, 3.8) is 0 Å². The topological polar surface area (TPSA) is 65.0 Å². The number of hydrogen-bond acceptors (Lipinski definition) is 5. The van der Waals surface area contributed by atoms with Gasteiger partial charge in [0.05, 0.1) is 31.5 Å². The van der Waals surface area contributed by atoms with E-state index in [9.17, 15) is 9.90 Å². The van der Waals surface area contributed by atoms with E-state index in [1.165, 1.54) is 7.11 Å². The van der Waals surface area contributed by atoms with Crippen LogP contribution in [0.5, 0.6) is 0 Å². The maximum absolute atomic E-state index is 11.4. The Morgan fingerprint density at radius 2 is 1.67 bits per heavy atom. The van der Waals surface area contributed by atoms with Crippen LogP contribution in [0.2, 0.25) is 0 Å². The smallest absolute Gasteiger partial charge is 0.337 e. The fourth-order valence-corrected chi connectivity index (χ4v) is 3.15. The molecule has 1 N–H and O–H groups in total. The van der Waals surface area contributed by atoms with Crippen LogP contribution in [0.15, 0.2) is 24.3 Å². The first-order chi connectivity index (χ1) is 10.1. The Hall–Kier alpha value is -1.43. The maximum Gasteiger partial charge on any atom is 0.337 e. The summed E-state index contributed by atoms with van der Waals surface area (Å²) in [6.45, 7) is 1.26. The number of rotatable bonds is 2. The first kappa shape index (κ1) is 14.5. The SMILES string of the molecule is COC(=O)c1ccc(C2(O)CCC3(CC2)OCCO3)cc1. The molecule has 114 valence electrons. The molecule has 0 amide bonds. The van der Waals surface area contributed by atoms with E-state index in [0.29, 0.717) is 44.5 Å². The highest BCUT2D eigenvalue weighted by molar-refractivity contribution is 5.89. The summed E-state index contributed by atoms with van der Waals surface area (Å²) < 4.78 is 16.0. The first-order valence-electron chi connectivity index (χ1n) is 7.26. The Morgan fingerprint density at radius 1 is 1.10 bits per heavy atom. The molecule has 1 aliphatic heterocycles. The van der Waals surface area contributed by atoms with Crippen molar-refractivity contribution in [2.75, 3.05) is 20.3 Å². The van der Waals surface area contributed by atoms with E-state index in [1.54, 1.807) is 24.3 Å². The van der Waals surface area contributed by atoms with Crippen molar-refractivity contribution in [3.8, 4) is 0 Å². The molecular formula is C16H20O5. The fourth-order valence-electron chi connectivity index (χ4n) is 3.15. The molecule has 1 aromatic carbocycles. The van der Waals surface area contributed by atoms with Crippen LogP contribution in [0.3, 0.4) is 0 Å². The van der Waals surface area contributed by atoms with E-state index in [-0.39, 0.29) is 5.97 Å². The van der Waals surface area contributed by atoms with Gasteiger partial charge in [-0.05, 0) is 30.5 Å². The van der Waals surface area contributed by atoms with Gasteiger partial charge in [0.25, 0.3) is 0 Å². The number of hydrogen-bond donors (Lipinski definition) is 1. The lowest BCUT2D eigenvalue weighted by molar-refractivity contribution is -0.204. The quantitative estimate of drug-likeness (QED) is 0.844. The van der Waals surface area contributed by atoms with Gasteiger partial charge in [-0.2, -0.15) is 0 Å². The highest BCUT2D eigenvalue weighted by Crippen LogP contribution is 2.44. The average molecular weight is 292 g/mol. The predicted molar refractivity (Wildman–Crippen MR) is 74.8 cm³/mol. The van der Waals surface area contributed by atoms with Crippen LogP contribution in [0.25, 0.3) is 0 Å². The third-order valence-electron chi connectivity index (χ3n) is 4.50. The van der Waals surface area contributed by atoms with Gasteiger partial charge in [-0.15, -0.1) is 0 Å². The van der Waals surface area contributed by atoms with Gasteiger partial charge in [-0.1, -0.05) is 12.1 Å². The largest absolute Gasteiger partial charge is 0.465 e. The van der Waals surface area contributed by atoms with Crippen molar-refractivity contribution in [3.05, 3.63) is 35.4 Å². The molecule has 3 rings (SSSR count). The van der Waals surface area contributed by atoms with E-state index in [0.717, 1.165) is 5.56 Å². The normalized spacial score (nSPS) is 23.1. The number of aliphatic hydroxyl groups is 1. The molecule has 0 atom stereocenters. The molecule has 1 heterocycles. The van der Waals surface area contributed by atoms with Crippen molar-refractivity contribution in [1.29, 1.82) is 0 Å². The molecule has 5 nitrogen and oxygen atoms in total. The highest BCUT2D eigenvalue weighted by Gasteiger charge is 2.46. The Kier molecular flexibility index (Phi) is 3.73. The molecule has 0 unspecified atom stereocenters. The summed E-state index contributed by atoms with van der Waals surface area (Å²) in [4.78, 5) is 11.4. The summed E-state index contributed by atoms with van der Waals surface area (Å²) >= 11 is 0. The molecule has 1 saturated carbocycles. The number of carbonyl (C=O) groups excluding carboxylic acids is 1. The number of esters is 1. The lowest BCUT2D eigenvalue weighted by Gasteiger charge is -2.40. The summed E-state index contributed by atoms with van der Waals surface area (Å²) in [5.41, 5.74) is 0.428. The van der Waals surface area contributed by atoms with E-state index < -0.39 is 11.4 Å². The van der Waals surface area contributed by atoms with Gasteiger partial charge in [-0.3, -0.25) is 0 Å². The average Bonchev–Trinajstić information content (AvgIpc) is 2.99. The zero-order valence-electron chi connectivity index (χ0n) is 12.1. The zero-order valence-corrected chi connectivity index (χ0v) is 12.1. The van der Waals surface area contributed by atoms with Crippen molar-refractivity contribution < 1.29 is 24.1 Å². The Balaban J connectivity index is 1.73. The minimum Gasteiger partial charge on any atom is -0.465 e. The molecule has 1 saturated heterocycles. The first-order valence-corrected chi connectivity index (χ1v) is 7.26. The van der Waals surface area contributed by atoms with Gasteiger partial charge in [0.2, 0.25) is 0 Å². The summed E-state index contributed by atoms with van der Waals surface area (Å²) in [6.07, 6.45) is 2.54. The zero-order chi connectivity index (χ0) is 14.9. The van der Waals surface area contributed by atoms with Gasteiger partial charge < -0.3 is 19.3 Å². The molecular weight excluding hydrogens is 272 g/mol. The standard InChI is InChI=1S/C16H20O5/c1-19-14(17)12-2-4-13(5-3-12)15(18)6-8-16(9-7-15)20-10-11-21-16/h2-5,18H,6-11H2,1H3. The molecule has 0 bridgehead atoms. The van der Waals surface area contributed by atoms with Crippen LogP contribution < -0.4 is 0 Å². The number of ether oxygens (including phenoxy) is 3. The number of carbonyl (C=O) groups is 1. The van der Waals surface area contributed by atoms with Crippen molar-refractivity contribution in [2.45, 2.75) is 37.1 Å². The number of methoxy groups -OCH3 is 1. The summed E-state index contributed by atoms with van der Waals surface area (Å²) in [6, 6.07) is 6.96. The van der Waals surface area contributed by atoms with Gasteiger partial charge in [0.15, 0.2) is 5.79 Å². The Bertz CT molecular complexity index is 506. The van der Waals surface area contributed by atoms with E-state index in [2.05, 4.69) is 4.74 Å². The van der Waals surface area contributed by atoms with Gasteiger partial charge >= 0.3 is 5.97 Å². The molecule has 0 radical (unpaired) electrons. The Morgan fingerprint density at radius 3 is 2.19 bits per heavy atom. The van der Waals surface area contributed by atoms with Crippen LogP contribution >= 0.6 is 0 Å². The second kappa shape index (κ2) is 5.40. The lowest BCUT2D eigenvalue weighted by Crippen LogP contribution is -2.42. The molecule has 2 fully saturated rings. The molecule has 5 heteroatoms. The summed E-state index contributed by atoms with van der Waals surface area (Å²) in [7, 11) is 1.35. The third kappa shape index (κ3) is 2.69. The second-order valence-corrected chi connectivity index (χ2v) is 5.71. The summed E-state index contributed by atoms with van der Waals surface area (Å²) in [5, 5.41) is 10.8. The van der Waals surface area contributed by atoms with Crippen molar-refractivity contribution in [2.24, 2.45) is 0 Å². The van der Waals surface area contributed by atoms with Crippen LogP contribution in [-0.4, -0.2) is 37.2 Å². The molecule has 21 heavy (non-hydrogen) atoms. The van der Waals surface area contributed by atoms with Crippen LogP contribution in [0.1, 0.15) is 41.6 Å². The highest BCUT2D eigenvalue weighted by atomic mass is 16.7. The van der Waals surface area contributed by atoms with E-state index >= 15 is 0 Å². The van der Waals surface area contributed by atoms with Crippen LogP contribution in [0.4, 0.5) is 0 Å². The van der Waals surface area contributed by atoms with Gasteiger partial charge in [0, 0.05) is 12.8 Å². The lowest BCUT2D eigenvalue weighted by atomic mass is 9.77. The molecule has 1 spiro atoms. The third-order valence-corrected chi connectivity index (χ3v) is 4.50. The Labute approximate surface area is 123 Å². The second-order valence-electron chi connectivity index (χ2n) is 5.71. The predicted octanol–water partition coefficient (Wildman–Crippen LogP) is 1.98. The van der Waals surface area contributed by atoms with Gasteiger partial charge in [0.1, 0.15) is 0 Å². The molecule has 1 aliphatic carbocycles. The van der Waals surface area contributed by atoms with Crippen molar-refractivity contribution >= 4 is 5.97 Å². The minimum atomic E-state index is -0.880. The van der Waals surface area contributed by atoms with Crippen LogP contribution in [-0.2, 0) is 19.8 Å². The number of benzene rings is 1.